The van der Waals surface area contributed by atoms with Crippen molar-refractivity contribution in [2.45, 2.75) is 6.42 Å². The van der Waals surface area contributed by atoms with E-state index in [1.165, 1.54) is 0 Å². The van der Waals surface area contributed by atoms with E-state index in [-0.39, 0.29) is 0 Å². The fourth-order valence-electron chi connectivity index (χ4n) is 1.01. The smallest absolute Gasteiger partial charge is 0.316 e. The molecule has 66 valence electrons. The standard InChI is InChI=1S/C10H10N2O/c1-2-8-6-4-3-5-7-9(8)12-10(11)13/h1,3-4,6-7H,5H2,(H3,11,12,13). The lowest BCUT2D eigenvalue weighted by atomic mass is 10.2. The summed E-state index contributed by atoms with van der Waals surface area (Å²) in [6, 6.07) is -0.602. The van der Waals surface area contributed by atoms with E-state index in [4.69, 9.17) is 12.2 Å². The number of rotatable bonds is 1. The van der Waals surface area contributed by atoms with Gasteiger partial charge in [-0.25, -0.2) is 4.79 Å². The van der Waals surface area contributed by atoms with Crippen LogP contribution in [-0.4, -0.2) is 6.03 Å². The van der Waals surface area contributed by atoms with E-state index in [0.29, 0.717) is 11.3 Å². The fraction of sp³-hybridized carbons (Fsp3) is 0.100. The van der Waals surface area contributed by atoms with Crippen molar-refractivity contribution < 1.29 is 4.79 Å². The lowest BCUT2D eigenvalue weighted by Gasteiger charge is -2.05. The van der Waals surface area contributed by atoms with Crippen LogP contribution in [0.15, 0.2) is 35.6 Å². The molecule has 0 radical (unpaired) electrons. The van der Waals surface area contributed by atoms with Gasteiger partial charge in [-0.15, -0.1) is 6.42 Å². The van der Waals surface area contributed by atoms with Crippen LogP contribution in [0.1, 0.15) is 6.42 Å². The maximum Gasteiger partial charge on any atom is 0.316 e. The summed E-state index contributed by atoms with van der Waals surface area (Å²) in [7, 11) is 0. The van der Waals surface area contributed by atoms with Crippen molar-refractivity contribution in [3.05, 3.63) is 35.6 Å². The lowest BCUT2D eigenvalue weighted by Crippen LogP contribution is -2.29. The summed E-state index contributed by atoms with van der Waals surface area (Å²) in [5, 5.41) is 2.47. The number of urea groups is 1. The number of carbonyl (C=O) groups is 1. The zero-order chi connectivity index (χ0) is 9.68. The Morgan fingerprint density at radius 2 is 2.46 bits per heavy atom. The van der Waals surface area contributed by atoms with Gasteiger partial charge in [-0.1, -0.05) is 24.1 Å². The van der Waals surface area contributed by atoms with Crippen molar-refractivity contribution in [2.24, 2.45) is 5.73 Å². The average molecular weight is 174 g/mol. The number of nitrogens with two attached hydrogens (primary N) is 1. The molecule has 13 heavy (non-hydrogen) atoms. The Hall–Kier alpha value is -1.95. The van der Waals surface area contributed by atoms with Crippen molar-refractivity contribution >= 4 is 6.03 Å². The predicted molar refractivity (Wildman–Crippen MR) is 51.5 cm³/mol. The Bertz CT molecular complexity index is 342. The second-order valence-electron chi connectivity index (χ2n) is 2.50. The number of nitrogens with one attached hydrogen (secondary N) is 1. The third-order valence-electron chi connectivity index (χ3n) is 1.56. The molecule has 0 saturated carbocycles. The van der Waals surface area contributed by atoms with Crippen LogP contribution in [0.2, 0.25) is 0 Å². The molecule has 1 rings (SSSR count). The molecule has 3 nitrogen and oxygen atoms in total. The molecule has 0 atom stereocenters. The van der Waals surface area contributed by atoms with E-state index in [9.17, 15) is 4.79 Å². The van der Waals surface area contributed by atoms with Crippen LogP contribution in [-0.2, 0) is 0 Å². The Labute approximate surface area is 77.0 Å². The maximum absolute atomic E-state index is 10.6. The van der Waals surface area contributed by atoms with Gasteiger partial charge < -0.3 is 11.1 Å². The van der Waals surface area contributed by atoms with Gasteiger partial charge in [-0.05, 0) is 12.5 Å². The van der Waals surface area contributed by atoms with Crippen LogP contribution in [0.3, 0.4) is 0 Å². The summed E-state index contributed by atoms with van der Waals surface area (Å²) in [6.07, 6.45) is 13.4. The summed E-state index contributed by atoms with van der Waals surface area (Å²) in [6.45, 7) is 0. The van der Waals surface area contributed by atoms with Gasteiger partial charge in [0.2, 0.25) is 0 Å². The van der Waals surface area contributed by atoms with Crippen LogP contribution >= 0.6 is 0 Å². The van der Waals surface area contributed by atoms with Crippen LogP contribution in [0.5, 0.6) is 0 Å². The number of carbonyl (C=O) groups excluding carboxylic acids is 1. The highest BCUT2D eigenvalue weighted by Gasteiger charge is 2.04. The molecule has 2 amide bonds. The Morgan fingerprint density at radius 3 is 3.08 bits per heavy atom. The molecule has 1 aliphatic rings. The van der Waals surface area contributed by atoms with Gasteiger partial charge >= 0.3 is 6.03 Å². The summed E-state index contributed by atoms with van der Waals surface area (Å²) >= 11 is 0. The van der Waals surface area contributed by atoms with Gasteiger partial charge in [0.05, 0.1) is 5.70 Å². The van der Waals surface area contributed by atoms with Crippen molar-refractivity contribution in [2.75, 3.05) is 0 Å². The number of amides is 2. The van der Waals surface area contributed by atoms with E-state index >= 15 is 0 Å². The van der Waals surface area contributed by atoms with Gasteiger partial charge in [0.1, 0.15) is 0 Å². The Balaban J connectivity index is 2.88. The van der Waals surface area contributed by atoms with Crippen LogP contribution in [0.4, 0.5) is 4.79 Å². The number of allylic oxidation sites excluding steroid dienone is 5. The second kappa shape index (κ2) is 4.17. The van der Waals surface area contributed by atoms with E-state index in [1.54, 1.807) is 6.08 Å². The quantitative estimate of drug-likeness (QED) is 0.574. The van der Waals surface area contributed by atoms with Crippen molar-refractivity contribution in [1.82, 2.24) is 5.32 Å². The molecule has 0 bridgehead atoms. The monoisotopic (exact) mass is 174 g/mol. The highest BCUT2D eigenvalue weighted by atomic mass is 16.2. The molecular formula is C10H10N2O. The molecule has 0 aliphatic heterocycles. The van der Waals surface area contributed by atoms with Crippen molar-refractivity contribution in [3.63, 3.8) is 0 Å². The highest BCUT2D eigenvalue weighted by Crippen LogP contribution is 2.10. The van der Waals surface area contributed by atoms with Crippen molar-refractivity contribution in [1.29, 1.82) is 0 Å². The van der Waals surface area contributed by atoms with E-state index < -0.39 is 6.03 Å². The van der Waals surface area contributed by atoms with Gasteiger partial charge in [0, 0.05) is 5.57 Å². The topological polar surface area (TPSA) is 55.1 Å². The average Bonchev–Trinajstić information content (AvgIpc) is 2.28. The van der Waals surface area contributed by atoms with Crippen LogP contribution in [0.25, 0.3) is 0 Å². The van der Waals surface area contributed by atoms with Gasteiger partial charge in [-0.3, -0.25) is 0 Å². The summed E-state index contributed by atoms with van der Waals surface area (Å²) in [5.41, 5.74) is 6.21. The summed E-state index contributed by atoms with van der Waals surface area (Å²) < 4.78 is 0. The molecule has 0 aromatic rings. The first-order valence-corrected chi connectivity index (χ1v) is 3.84. The normalized spacial score (nSPS) is 15.0. The van der Waals surface area contributed by atoms with Gasteiger partial charge in [0.15, 0.2) is 0 Å². The van der Waals surface area contributed by atoms with E-state index in [1.807, 2.05) is 18.2 Å². The SMILES string of the molecule is C#CC1=CC=CCC=C1NC(N)=O. The molecule has 1 aliphatic carbocycles. The molecule has 0 saturated heterocycles. The maximum atomic E-state index is 10.6. The summed E-state index contributed by atoms with van der Waals surface area (Å²) in [4.78, 5) is 10.6. The minimum absolute atomic E-state index is 0.597. The molecular weight excluding hydrogens is 164 g/mol. The third-order valence-corrected chi connectivity index (χ3v) is 1.56. The Morgan fingerprint density at radius 1 is 1.69 bits per heavy atom. The minimum Gasteiger partial charge on any atom is -0.351 e. The number of hydrogen-bond donors (Lipinski definition) is 2. The number of hydrogen-bond acceptors (Lipinski definition) is 1. The van der Waals surface area contributed by atoms with Crippen LogP contribution in [0, 0.1) is 12.3 Å². The molecule has 3 heteroatoms. The van der Waals surface area contributed by atoms with Crippen LogP contribution < -0.4 is 11.1 Å². The number of primary amides is 1. The molecule has 0 fully saturated rings. The highest BCUT2D eigenvalue weighted by molar-refractivity contribution is 5.75. The first-order valence-electron chi connectivity index (χ1n) is 3.84. The Kier molecular flexibility index (Phi) is 2.93. The van der Waals surface area contributed by atoms with Gasteiger partial charge in [0.25, 0.3) is 0 Å². The largest absolute Gasteiger partial charge is 0.351 e. The van der Waals surface area contributed by atoms with E-state index in [2.05, 4.69) is 11.2 Å². The molecule has 0 heterocycles. The molecule has 0 aromatic carbocycles. The second-order valence-corrected chi connectivity index (χ2v) is 2.50. The molecule has 0 spiro atoms. The predicted octanol–water partition coefficient (Wildman–Crippen LogP) is 1.06. The zero-order valence-electron chi connectivity index (χ0n) is 7.08. The minimum atomic E-state index is -0.602. The molecule has 0 unspecified atom stereocenters. The fourth-order valence-corrected chi connectivity index (χ4v) is 1.01. The number of terminal acetylenes is 1. The molecule has 3 N–H and O–H groups in total. The first kappa shape index (κ1) is 9.14. The van der Waals surface area contributed by atoms with Gasteiger partial charge in [-0.2, -0.15) is 0 Å². The van der Waals surface area contributed by atoms with Crippen molar-refractivity contribution in [3.8, 4) is 12.3 Å². The first-order chi connectivity index (χ1) is 6.24. The molecule has 0 aromatic heterocycles. The van der Waals surface area contributed by atoms with E-state index in [0.717, 1.165) is 6.42 Å². The summed E-state index contributed by atoms with van der Waals surface area (Å²) in [5.74, 6) is 2.47. The zero-order valence-corrected chi connectivity index (χ0v) is 7.08. The lowest BCUT2D eigenvalue weighted by molar-refractivity contribution is 0.251. The third kappa shape index (κ3) is 2.53.